The Kier molecular flexibility index (Phi) is 4.90. The van der Waals surface area contributed by atoms with E-state index in [2.05, 4.69) is 10.6 Å². The topological polar surface area (TPSA) is 105 Å². The van der Waals surface area contributed by atoms with Gasteiger partial charge < -0.3 is 24.6 Å². The van der Waals surface area contributed by atoms with E-state index in [1.807, 2.05) is 0 Å². The Morgan fingerprint density at radius 3 is 2.61 bits per heavy atom. The van der Waals surface area contributed by atoms with Crippen LogP contribution in [0.5, 0.6) is 0 Å². The number of rotatable bonds is 6. The summed E-state index contributed by atoms with van der Waals surface area (Å²) < 4.78 is 10.4. The molecule has 0 radical (unpaired) electrons. The molecule has 0 saturated carbocycles. The average Bonchev–Trinajstić information content (AvgIpc) is 3.12. The lowest BCUT2D eigenvalue weighted by molar-refractivity contribution is -0.121. The van der Waals surface area contributed by atoms with E-state index >= 15 is 0 Å². The van der Waals surface area contributed by atoms with Crippen molar-refractivity contribution in [1.82, 2.24) is 10.6 Å². The van der Waals surface area contributed by atoms with Crippen LogP contribution in [0.15, 0.2) is 33.3 Å². The van der Waals surface area contributed by atoms with Crippen molar-refractivity contribution in [3.05, 3.63) is 47.3 Å². The number of hydrogen-bond donors (Lipinski definition) is 3. The average molecular weight is 320 g/mol. The molecule has 0 aromatic carbocycles. The zero-order valence-electron chi connectivity index (χ0n) is 13.3. The molecule has 2 aromatic rings. The molecule has 1 atom stereocenters. The van der Waals surface area contributed by atoms with Gasteiger partial charge in [-0.1, -0.05) is 0 Å². The lowest BCUT2D eigenvalue weighted by atomic mass is 10.0. The van der Waals surface area contributed by atoms with Crippen LogP contribution in [0.1, 0.15) is 34.6 Å². The smallest absolute Gasteiger partial charge is 0.255 e. The Bertz CT molecular complexity index is 685. The van der Waals surface area contributed by atoms with Crippen LogP contribution in [0.2, 0.25) is 0 Å². The molecule has 0 aliphatic heterocycles. The highest BCUT2D eigenvalue weighted by Crippen LogP contribution is 2.19. The number of carbonyl (C=O) groups is 2. The van der Waals surface area contributed by atoms with Gasteiger partial charge in [0.15, 0.2) is 0 Å². The third kappa shape index (κ3) is 4.23. The maximum atomic E-state index is 12.0. The number of furan rings is 2. The molecule has 0 aliphatic rings. The van der Waals surface area contributed by atoms with Crippen molar-refractivity contribution < 1.29 is 23.5 Å². The van der Waals surface area contributed by atoms with Crippen LogP contribution in [-0.4, -0.2) is 30.0 Å². The molecule has 0 spiro atoms. The van der Waals surface area contributed by atoms with Crippen molar-refractivity contribution in [1.29, 1.82) is 0 Å². The fourth-order valence-electron chi connectivity index (χ4n) is 2.12. The number of nitrogens with one attached hydrogen (secondary N) is 2. The SMILES string of the molecule is Cc1cc(C(=O)NCC(=O)NCC(C)(O)c2ccco2)c(C)o1. The fourth-order valence-corrected chi connectivity index (χ4v) is 2.12. The summed E-state index contributed by atoms with van der Waals surface area (Å²) in [6.45, 7) is 4.73. The molecule has 2 heterocycles. The highest BCUT2D eigenvalue weighted by Gasteiger charge is 2.26. The van der Waals surface area contributed by atoms with Crippen LogP contribution in [-0.2, 0) is 10.4 Å². The number of carbonyl (C=O) groups excluding carboxylic acids is 2. The molecule has 124 valence electrons. The Morgan fingerprint density at radius 1 is 1.30 bits per heavy atom. The number of aryl methyl sites for hydroxylation is 2. The first-order chi connectivity index (χ1) is 10.8. The fraction of sp³-hybridized carbons (Fsp3) is 0.375. The van der Waals surface area contributed by atoms with E-state index in [0.717, 1.165) is 0 Å². The molecule has 0 aliphatic carbocycles. The Balaban J connectivity index is 1.81. The molecular weight excluding hydrogens is 300 g/mol. The van der Waals surface area contributed by atoms with Crippen LogP contribution in [0.3, 0.4) is 0 Å². The van der Waals surface area contributed by atoms with Gasteiger partial charge >= 0.3 is 0 Å². The molecule has 0 fully saturated rings. The van der Waals surface area contributed by atoms with Gasteiger partial charge in [-0.25, -0.2) is 0 Å². The highest BCUT2D eigenvalue weighted by molar-refractivity contribution is 5.97. The van der Waals surface area contributed by atoms with Gasteiger partial charge in [0.25, 0.3) is 5.91 Å². The second-order valence-corrected chi connectivity index (χ2v) is 5.54. The third-order valence-corrected chi connectivity index (χ3v) is 3.38. The quantitative estimate of drug-likeness (QED) is 0.743. The van der Waals surface area contributed by atoms with Gasteiger partial charge in [-0.3, -0.25) is 9.59 Å². The van der Waals surface area contributed by atoms with Crippen LogP contribution in [0, 0.1) is 13.8 Å². The second kappa shape index (κ2) is 6.70. The van der Waals surface area contributed by atoms with Crippen LogP contribution >= 0.6 is 0 Å². The minimum absolute atomic E-state index is 0.0287. The normalized spacial score (nSPS) is 13.4. The molecule has 2 aromatic heterocycles. The molecular formula is C16H20N2O5. The number of hydrogen-bond acceptors (Lipinski definition) is 5. The zero-order chi connectivity index (χ0) is 17.0. The Labute approximate surface area is 133 Å². The number of amides is 2. The monoisotopic (exact) mass is 320 g/mol. The maximum Gasteiger partial charge on any atom is 0.255 e. The summed E-state index contributed by atoms with van der Waals surface area (Å²) in [7, 11) is 0. The standard InChI is InChI=1S/C16H20N2O5/c1-10-7-12(11(2)23-10)15(20)17-8-14(19)18-9-16(3,21)13-5-4-6-22-13/h4-7,21H,8-9H2,1-3H3,(H,17,20)(H,18,19). The summed E-state index contributed by atoms with van der Waals surface area (Å²) in [6.07, 6.45) is 1.45. The summed E-state index contributed by atoms with van der Waals surface area (Å²) in [5.41, 5.74) is -0.917. The van der Waals surface area contributed by atoms with Gasteiger partial charge in [0.05, 0.1) is 24.9 Å². The second-order valence-electron chi connectivity index (χ2n) is 5.54. The summed E-state index contributed by atoms with van der Waals surface area (Å²) in [5, 5.41) is 15.3. The molecule has 23 heavy (non-hydrogen) atoms. The maximum absolute atomic E-state index is 12.0. The van der Waals surface area contributed by atoms with E-state index in [1.165, 1.54) is 13.2 Å². The van der Waals surface area contributed by atoms with Gasteiger partial charge in [-0.05, 0) is 39.0 Å². The first kappa shape index (κ1) is 16.8. The molecule has 3 N–H and O–H groups in total. The molecule has 7 heteroatoms. The van der Waals surface area contributed by atoms with E-state index in [4.69, 9.17) is 8.83 Å². The molecule has 1 unspecified atom stereocenters. The van der Waals surface area contributed by atoms with Crippen LogP contribution in [0.4, 0.5) is 0 Å². The van der Waals surface area contributed by atoms with Crippen molar-refractivity contribution in [3.63, 3.8) is 0 Å². The Hall–Kier alpha value is -2.54. The van der Waals surface area contributed by atoms with E-state index in [-0.39, 0.29) is 19.0 Å². The van der Waals surface area contributed by atoms with Gasteiger partial charge in [0.1, 0.15) is 22.9 Å². The van der Waals surface area contributed by atoms with Crippen molar-refractivity contribution >= 4 is 11.8 Å². The van der Waals surface area contributed by atoms with Crippen molar-refractivity contribution in [2.75, 3.05) is 13.1 Å². The van der Waals surface area contributed by atoms with Gasteiger partial charge in [-0.2, -0.15) is 0 Å². The first-order valence-corrected chi connectivity index (χ1v) is 7.18. The van der Waals surface area contributed by atoms with E-state index in [9.17, 15) is 14.7 Å². The van der Waals surface area contributed by atoms with E-state index in [0.29, 0.717) is 22.8 Å². The Morgan fingerprint density at radius 2 is 2.04 bits per heavy atom. The minimum atomic E-state index is -1.32. The molecule has 0 bridgehead atoms. The lowest BCUT2D eigenvalue weighted by Crippen LogP contribution is -2.43. The first-order valence-electron chi connectivity index (χ1n) is 7.18. The van der Waals surface area contributed by atoms with E-state index in [1.54, 1.807) is 32.0 Å². The van der Waals surface area contributed by atoms with Crippen LogP contribution in [0.25, 0.3) is 0 Å². The zero-order valence-corrected chi connectivity index (χ0v) is 13.3. The van der Waals surface area contributed by atoms with Crippen molar-refractivity contribution in [2.45, 2.75) is 26.4 Å². The van der Waals surface area contributed by atoms with Crippen molar-refractivity contribution in [2.24, 2.45) is 0 Å². The largest absolute Gasteiger partial charge is 0.466 e. The lowest BCUT2D eigenvalue weighted by Gasteiger charge is -2.21. The van der Waals surface area contributed by atoms with Gasteiger partial charge in [0.2, 0.25) is 5.91 Å². The predicted molar refractivity (Wildman–Crippen MR) is 81.8 cm³/mol. The van der Waals surface area contributed by atoms with Crippen LogP contribution < -0.4 is 10.6 Å². The molecule has 0 saturated heterocycles. The minimum Gasteiger partial charge on any atom is -0.466 e. The summed E-state index contributed by atoms with van der Waals surface area (Å²) >= 11 is 0. The molecule has 2 amide bonds. The summed E-state index contributed by atoms with van der Waals surface area (Å²) in [6, 6.07) is 4.89. The van der Waals surface area contributed by atoms with E-state index < -0.39 is 11.5 Å². The van der Waals surface area contributed by atoms with Gasteiger partial charge in [-0.15, -0.1) is 0 Å². The summed E-state index contributed by atoms with van der Waals surface area (Å²) in [4.78, 5) is 23.7. The number of aliphatic hydroxyl groups is 1. The molecule has 7 nitrogen and oxygen atoms in total. The summed E-state index contributed by atoms with van der Waals surface area (Å²) in [5.74, 6) is 0.689. The molecule has 2 rings (SSSR count). The third-order valence-electron chi connectivity index (χ3n) is 3.38. The predicted octanol–water partition coefficient (Wildman–Crippen LogP) is 1.24. The van der Waals surface area contributed by atoms with Crippen molar-refractivity contribution in [3.8, 4) is 0 Å². The van der Waals surface area contributed by atoms with Gasteiger partial charge in [0, 0.05) is 0 Å². The highest BCUT2D eigenvalue weighted by atomic mass is 16.4.